The highest BCUT2D eigenvalue weighted by Gasteiger charge is 2.22. The van der Waals surface area contributed by atoms with Crippen LogP contribution in [0.5, 0.6) is 11.5 Å². The molecule has 0 saturated heterocycles. The average Bonchev–Trinajstić information content (AvgIpc) is 2.73. The largest absolute Gasteiger partial charge is 0.508 e. The van der Waals surface area contributed by atoms with Gasteiger partial charge in [0.15, 0.2) is 0 Å². The number of carboxylic acid groups (broad SMARTS) is 2. The molecule has 0 spiro atoms. The van der Waals surface area contributed by atoms with Gasteiger partial charge >= 0.3 is 11.9 Å². The van der Waals surface area contributed by atoms with E-state index >= 15 is 0 Å². The summed E-state index contributed by atoms with van der Waals surface area (Å²) >= 11 is 0. The monoisotopic (exact) mass is 472 g/mol. The zero-order valence-corrected chi connectivity index (χ0v) is 21.6. The fourth-order valence-corrected chi connectivity index (χ4v) is 3.13. The molecule has 0 aliphatic heterocycles. The first-order valence-electron chi connectivity index (χ1n) is 11.1. The standard InChI is InChI=1S/2C13H18O3.C2H4/c2*1-8(12(15)16)9-5-6-11(14)10(7-9)13(2,3)4;1-2/h2*5-8,14H,1-4H3,(H,15,16);1-2H2. The third-order valence-corrected chi connectivity index (χ3v) is 5.40. The second-order valence-electron chi connectivity index (χ2n) is 10.2. The molecule has 0 aliphatic carbocycles. The maximum absolute atomic E-state index is 10.9. The number of benzene rings is 2. The Morgan fingerprint density at radius 1 is 0.676 bits per heavy atom. The Morgan fingerprint density at radius 3 is 1.15 bits per heavy atom. The molecule has 2 aromatic rings. The molecule has 2 aromatic carbocycles. The predicted octanol–water partition coefficient (Wildman–Crippen LogP) is 6.56. The van der Waals surface area contributed by atoms with Gasteiger partial charge in [-0.05, 0) is 59.1 Å². The normalized spacial score (nSPS) is 12.8. The van der Waals surface area contributed by atoms with E-state index in [1.807, 2.05) is 41.5 Å². The molecule has 0 fully saturated rings. The fourth-order valence-electron chi connectivity index (χ4n) is 3.13. The average molecular weight is 473 g/mol. The van der Waals surface area contributed by atoms with Crippen LogP contribution in [0.25, 0.3) is 0 Å². The predicted molar refractivity (Wildman–Crippen MR) is 137 cm³/mol. The van der Waals surface area contributed by atoms with Crippen LogP contribution in [0.4, 0.5) is 0 Å². The minimum atomic E-state index is -0.856. The van der Waals surface area contributed by atoms with E-state index in [9.17, 15) is 19.8 Å². The second kappa shape index (κ2) is 12.3. The van der Waals surface area contributed by atoms with Crippen LogP contribution in [0.1, 0.15) is 89.5 Å². The quantitative estimate of drug-likeness (QED) is 0.375. The van der Waals surface area contributed by atoms with E-state index in [1.165, 1.54) is 0 Å². The topological polar surface area (TPSA) is 115 Å². The molecule has 6 heteroatoms. The lowest BCUT2D eigenvalue weighted by Gasteiger charge is -2.22. The number of hydrogen-bond acceptors (Lipinski definition) is 4. The van der Waals surface area contributed by atoms with Gasteiger partial charge in [0.2, 0.25) is 0 Å². The molecule has 2 unspecified atom stereocenters. The van der Waals surface area contributed by atoms with Crippen LogP contribution in [-0.2, 0) is 20.4 Å². The highest BCUT2D eigenvalue weighted by Crippen LogP contribution is 2.34. The molecule has 0 radical (unpaired) electrons. The number of rotatable bonds is 4. The van der Waals surface area contributed by atoms with Crippen molar-refractivity contribution in [3.63, 3.8) is 0 Å². The maximum Gasteiger partial charge on any atom is 0.310 e. The summed E-state index contributed by atoms with van der Waals surface area (Å²) in [5, 5.41) is 37.4. The summed E-state index contributed by atoms with van der Waals surface area (Å²) < 4.78 is 0. The smallest absolute Gasteiger partial charge is 0.310 e. The molecule has 34 heavy (non-hydrogen) atoms. The Morgan fingerprint density at radius 2 is 0.941 bits per heavy atom. The van der Waals surface area contributed by atoms with Gasteiger partial charge in [0.05, 0.1) is 11.8 Å². The number of phenols is 2. The van der Waals surface area contributed by atoms with Crippen molar-refractivity contribution in [3.8, 4) is 11.5 Å². The lowest BCUT2D eigenvalue weighted by Crippen LogP contribution is -2.14. The molecule has 0 heterocycles. The number of aliphatic carboxylic acids is 2. The summed E-state index contributed by atoms with van der Waals surface area (Å²) in [5.41, 5.74) is 2.60. The van der Waals surface area contributed by atoms with Crippen molar-refractivity contribution in [1.82, 2.24) is 0 Å². The van der Waals surface area contributed by atoms with Crippen LogP contribution in [-0.4, -0.2) is 32.4 Å². The Balaban J connectivity index is 0.000000597. The number of phenolic OH excluding ortho intramolecular Hbond substituents is 2. The van der Waals surface area contributed by atoms with E-state index < -0.39 is 23.8 Å². The number of carbonyl (C=O) groups is 2. The molecule has 0 bridgehead atoms. The van der Waals surface area contributed by atoms with E-state index in [4.69, 9.17) is 10.2 Å². The van der Waals surface area contributed by atoms with E-state index in [0.717, 1.165) is 22.3 Å². The summed E-state index contributed by atoms with van der Waals surface area (Å²) in [4.78, 5) is 21.8. The molecule has 0 amide bonds. The van der Waals surface area contributed by atoms with Crippen molar-refractivity contribution in [1.29, 1.82) is 0 Å². The van der Waals surface area contributed by atoms with Crippen LogP contribution in [0.3, 0.4) is 0 Å². The van der Waals surface area contributed by atoms with E-state index in [0.29, 0.717) is 0 Å². The van der Waals surface area contributed by atoms with Gasteiger partial charge < -0.3 is 20.4 Å². The number of carboxylic acids is 2. The van der Waals surface area contributed by atoms with Gasteiger partial charge in [-0.25, -0.2) is 0 Å². The highest BCUT2D eigenvalue weighted by molar-refractivity contribution is 5.76. The van der Waals surface area contributed by atoms with Crippen LogP contribution < -0.4 is 0 Å². The zero-order chi connectivity index (χ0) is 27.0. The van der Waals surface area contributed by atoms with Crippen LogP contribution in [0.2, 0.25) is 0 Å². The van der Waals surface area contributed by atoms with Crippen molar-refractivity contribution in [3.05, 3.63) is 71.8 Å². The summed E-state index contributed by atoms with van der Waals surface area (Å²) in [5.74, 6) is -2.39. The Labute approximate surface area is 203 Å². The molecule has 4 N–H and O–H groups in total. The van der Waals surface area contributed by atoms with Gasteiger partial charge in [-0.1, -0.05) is 65.8 Å². The molecule has 2 atom stereocenters. The van der Waals surface area contributed by atoms with E-state index in [1.54, 1.807) is 50.2 Å². The van der Waals surface area contributed by atoms with Crippen molar-refractivity contribution >= 4 is 11.9 Å². The first kappa shape index (κ1) is 30.7. The SMILES string of the molecule is C=C.CC(C(=O)O)c1ccc(O)c(C(C)(C)C)c1.CC(C(=O)O)c1ccc(O)c(C(C)(C)C)c1. The lowest BCUT2D eigenvalue weighted by molar-refractivity contribution is -0.139. The minimum Gasteiger partial charge on any atom is -0.508 e. The van der Waals surface area contributed by atoms with Gasteiger partial charge in [0.25, 0.3) is 0 Å². The Hall–Kier alpha value is -3.28. The first-order chi connectivity index (χ1) is 15.5. The van der Waals surface area contributed by atoms with Crippen molar-refractivity contribution in [2.24, 2.45) is 0 Å². The van der Waals surface area contributed by atoms with Crippen molar-refractivity contribution in [2.45, 2.75) is 78.1 Å². The van der Waals surface area contributed by atoms with Gasteiger partial charge in [0.1, 0.15) is 11.5 Å². The molecular formula is C28H40O6. The molecule has 0 aromatic heterocycles. The summed E-state index contributed by atoms with van der Waals surface area (Å²) in [6, 6.07) is 9.99. The molecular weight excluding hydrogens is 432 g/mol. The summed E-state index contributed by atoms with van der Waals surface area (Å²) in [6.45, 7) is 21.2. The summed E-state index contributed by atoms with van der Waals surface area (Å²) in [7, 11) is 0. The van der Waals surface area contributed by atoms with E-state index in [2.05, 4.69) is 13.2 Å². The maximum atomic E-state index is 10.9. The number of aromatic hydroxyl groups is 2. The third kappa shape index (κ3) is 8.58. The van der Waals surface area contributed by atoms with Gasteiger partial charge in [-0.15, -0.1) is 13.2 Å². The molecule has 0 saturated carbocycles. The summed E-state index contributed by atoms with van der Waals surface area (Å²) in [6.07, 6.45) is 0. The first-order valence-corrected chi connectivity index (χ1v) is 11.1. The van der Waals surface area contributed by atoms with Crippen LogP contribution in [0, 0.1) is 0 Å². The van der Waals surface area contributed by atoms with Crippen molar-refractivity contribution < 1.29 is 30.0 Å². The Bertz CT molecular complexity index is 900. The molecule has 6 nitrogen and oxygen atoms in total. The second-order valence-corrected chi connectivity index (χ2v) is 10.2. The van der Waals surface area contributed by atoms with Crippen molar-refractivity contribution in [2.75, 3.05) is 0 Å². The number of hydrogen-bond donors (Lipinski definition) is 4. The fraction of sp³-hybridized carbons (Fsp3) is 0.429. The molecule has 2 rings (SSSR count). The minimum absolute atomic E-state index is 0.196. The van der Waals surface area contributed by atoms with Gasteiger partial charge in [-0.3, -0.25) is 9.59 Å². The van der Waals surface area contributed by atoms with Crippen LogP contribution in [0.15, 0.2) is 49.6 Å². The third-order valence-electron chi connectivity index (χ3n) is 5.40. The van der Waals surface area contributed by atoms with E-state index in [-0.39, 0.29) is 22.3 Å². The highest BCUT2D eigenvalue weighted by atomic mass is 16.4. The molecule has 0 aliphatic rings. The van der Waals surface area contributed by atoms with Crippen LogP contribution >= 0.6 is 0 Å². The van der Waals surface area contributed by atoms with Gasteiger partial charge in [-0.2, -0.15) is 0 Å². The Kier molecular flexibility index (Phi) is 11.1. The molecule has 188 valence electrons. The zero-order valence-electron chi connectivity index (χ0n) is 21.6. The van der Waals surface area contributed by atoms with Gasteiger partial charge in [0, 0.05) is 0 Å². The lowest BCUT2D eigenvalue weighted by atomic mass is 9.84.